The van der Waals surface area contributed by atoms with Crippen LogP contribution in [0.25, 0.3) is 10.9 Å². The van der Waals surface area contributed by atoms with Crippen LogP contribution in [0.1, 0.15) is 11.3 Å². The van der Waals surface area contributed by atoms with Crippen molar-refractivity contribution >= 4 is 10.9 Å². The van der Waals surface area contributed by atoms with Crippen LogP contribution in [0.2, 0.25) is 0 Å². The molecular weight excluding hydrogens is 251 g/mol. The lowest BCUT2D eigenvalue weighted by Gasteiger charge is -2.11. The highest BCUT2D eigenvalue weighted by Crippen LogP contribution is 2.21. The Morgan fingerprint density at radius 2 is 1.80 bits per heavy atom. The molecule has 0 aliphatic heterocycles. The van der Waals surface area contributed by atoms with Gasteiger partial charge < -0.3 is 9.88 Å². The zero-order valence-electron chi connectivity index (χ0n) is 11.4. The van der Waals surface area contributed by atoms with Gasteiger partial charge in [-0.1, -0.05) is 30.3 Å². The quantitative estimate of drug-likeness (QED) is 0.765. The van der Waals surface area contributed by atoms with Gasteiger partial charge in [0, 0.05) is 24.3 Å². The van der Waals surface area contributed by atoms with Gasteiger partial charge in [-0.05, 0) is 42.3 Å². The molecule has 0 unspecified atom stereocenters. The molecule has 2 aromatic carbocycles. The van der Waals surface area contributed by atoms with Crippen LogP contribution >= 0.6 is 0 Å². The predicted molar refractivity (Wildman–Crippen MR) is 80.2 cm³/mol. The van der Waals surface area contributed by atoms with Gasteiger partial charge in [0.05, 0.1) is 0 Å². The van der Waals surface area contributed by atoms with E-state index in [2.05, 4.69) is 28.1 Å². The summed E-state index contributed by atoms with van der Waals surface area (Å²) >= 11 is 0. The molecule has 3 aromatic rings. The molecule has 1 N–H and O–H groups in total. The number of fused-ring (bicyclic) bond motifs is 1. The van der Waals surface area contributed by atoms with Crippen molar-refractivity contribution in [3.63, 3.8) is 0 Å². The van der Waals surface area contributed by atoms with Crippen molar-refractivity contribution in [3.05, 3.63) is 71.7 Å². The Hall–Kier alpha value is -2.13. The first-order valence-electron chi connectivity index (χ1n) is 6.74. The molecule has 0 saturated heterocycles. The first-order chi connectivity index (χ1) is 9.78. The molecule has 3 heteroatoms. The molecule has 3 rings (SSSR count). The van der Waals surface area contributed by atoms with E-state index in [0.29, 0.717) is 0 Å². The largest absolute Gasteiger partial charge is 0.339 e. The van der Waals surface area contributed by atoms with Crippen LogP contribution in [0.4, 0.5) is 4.39 Å². The van der Waals surface area contributed by atoms with E-state index in [9.17, 15) is 4.39 Å². The molecule has 0 aliphatic rings. The Bertz CT molecular complexity index is 713. The molecule has 0 aliphatic carbocycles. The number of rotatable bonds is 4. The summed E-state index contributed by atoms with van der Waals surface area (Å²) in [6, 6.07) is 17.3. The van der Waals surface area contributed by atoms with Gasteiger partial charge in [0.25, 0.3) is 0 Å². The molecule has 0 spiro atoms. The number of nitrogens with one attached hydrogen (secondary N) is 1. The van der Waals surface area contributed by atoms with E-state index in [-0.39, 0.29) is 5.82 Å². The van der Waals surface area contributed by atoms with Crippen LogP contribution in [0.15, 0.2) is 54.6 Å². The zero-order chi connectivity index (χ0) is 13.9. The normalized spacial score (nSPS) is 11.1. The summed E-state index contributed by atoms with van der Waals surface area (Å²) < 4.78 is 15.3. The second kappa shape index (κ2) is 5.47. The number of hydrogen-bond donors (Lipinski definition) is 1. The van der Waals surface area contributed by atoms with E-state index < -0.39 is 0 Å². The molecule has 0 fully saturated rings. The van der Waals surface area contributed by atoms with Gasteiger partial charge in [0.2, 0.25) is 0 Å². The maximum absolute atomic E-state index is 13.0. The summed E-state index contributed by atoms with van der Waals surface area (Å²) in [5.41, 5.74) is 3.55. The Morgan fingerprint density at radius 1 is 1.05 bits per heavy atom. The minimum absolute atomic E-state index is 0.193. The van der Waals surface area contributed by atoms with Crippen LogP contribution in [-0.2, 0) is 13.1 Å². The number of benzene rings is 2. The van der Waals surface area contributed by atoms with Gasteiger partial charge >= 0.3 is 0 Å². The monoisotopic (exact) mass is 268 g/mol. The minimum atomic E-state index is -0.193. The van der Waals surface area contributed by atoms with Gasteiger partial charge in [0.1, 0.15) is 5.82 Å². The molecule has 20 heavy (non-hydrogen) atoms. The summed E-state index contributed by atoms with van der Waals surface area (Å²) in [5.74, 6) is -0.193. The second-order valence-electron chi connectivity index (χ2n) is 4.94. The van der Waals surface area contributed by atoms with Gasteiger partial charge in [-0.2, -0.15) is 0 Å². The average Bonchev–Trinajstić information content (AvgIpc) is 2.80. The van der Waals surface area contributed by atoms with Gasteiger partial charge in [-0.15, -0.1) is 0 Å². The predicted octanol–water partition coefficient (Wildman–Crippen LogP) is 3.55. The summed E-state index contributed by atoms with van der Waals surface area (Å²) in [6.07, 6.45) is 0. The molecule has 0 saturated carbocycles. The Kier molecular flexibility index (Phi) is 3.52. The second-order valence-corrected chi connectivity index (χ2v) is 4.94. The molecule has 1 heterocycles. The van der Waals surface area contributed by atoms with Crippen LogP contribution in [0.5, 0.6) is 0 Å². The lowest BCUT2D eigenvalue weighted by atomic mass is 10.2. The fourth-order valence-corrected chi connectivity index (χ4v) is 2.55. The fraction of sp³-hybridized carbons (Fsp3) is 0.176. The summed E-state index contributed by atoms with van der Waals surface area (Å²) in [6.45, 7) is 1.57. The molecule has 0 amide bonds. The van der Waals surface area contributed by atoms with Crippen molar-refractivity contribution in [1.29, 1.82) is 0 Å². The lowest BCUT2D eigenvalue weighted by molar-refractivity contribution is 0.626. The smallest absolute Gasteiger partial charge is 0.123 e. The minimum Gasteiger partial charge on any atom is -0.339 e. The summed E-state index contributed by atoms with van der Waals surface area (Å²) in [4.78, 5) is 0. The van der Waals surface area contributed by atoms with E-state index >= 15 is 0 Å². The number of aromatic nitrogens is 1. The number of nitrogens with zero attached hydrogens (tertiary/aromatic N) is 1. The zero-order valence-corrected chi connectivity index (χ0v) is 11.4. The van der Waals surface area contributed by atoms with E-state index in [0.717, 1.165) is 18.7 Å². The van der Waals surface area contributed by atoms with Crippen molar-refractivity contribution in [2.24, 2.45) is 0 Å². The molecular formula is C17H17FN2. The third kappa shape index (κ3) is 2.45. The molecule has 2 nitrogen and oxygen atoms in total. The molecule has 0 bridgehead atoms. The van der Waals surface area contributed by atoms with Gasteiger partial charge in [0.15, 0.2) is 0 Å². The SMILES string of the molecule is CNCc1cc2ccccc2n1Cc1ccc(F)cc1. The third-order valence-corrected chi connectivity index (χ3v) is 3.51. The maximum atomic E-state index is 13.0. The number of halogens is 1. The standard InChI is InChI=1S/C17H17FN2/c1-19-11-16-10-14-4-2-3-5-17(14)20(16)12-13-6-8-15(18)9-7-13/h2-10,19H,11-12H2,1H3. The van der Waals surface area contributed by atoms with Crippen LogP contribution < -0.4 is 5.32 Å². The summed E-state index contributed by atoms with van der Waals surface area (Å²) in [5, 5.41) is 4.44. The van der Waals surface area contributed by atoms with Crippen molar-refractivity contribution in [2.45, 2.75) is 13.1 Å². The Labute approximate surface area is 117 Å². The van der Waals surface area contributed by atoms with Crippen LogP contribution in [-0.4, -0.2) is 11.6 Å². The Balaban J connectivity index is 2.04. The fourth-order valence-electron chi connectivity index (χ4n) is 2.55. The molecule has 102 valence electrons. The highest BCUT2D eigenvalue weighted by molar-refractivity contribution is 5.81. The van der Waals surface area contributed by atoms with Crippen molar-refractivity contribution < 1.29 is 4.39 Å². The van der Waals surface area contributed by atoms with Crippen molar-refractivity contribution in [1.82, 2.24) is 9.88 Å². The number of hydrogen-bond acceptors (Lipinski definition) is 1. The highest BCUT2D eigenvalue weighted by atomic mass is 19.1. The average molecular weight is 268 g/mol. The first kappa shape index (κ1) is 12.9. The van der Waals surface area contributed by atoms with Crippen LogP contribution in [0, 0.1) is 5.82 Å². The van der Waals surface area contributed by atoms with Crippen LogP contribution in [0.3, 0.4) is 0 Å². The third-order valence-electron chi connectivity index (χ3n) is 3.51. The molecule has 1 aromatic heterocycles. The van der Waals surface area contributed by atoms with E-state index in [4.69, 9.17) is 0 Å². The molecule has 0 radical (unpaired) electrons. The topological polar surface area (TPSA) is 17.0 Å². The van der Waals surface area contributed by atoms with E-state index in [1.807, 2.05) is 31.3 Å². The first-order valence-corrected chi connectivity index (χ1v) is 6.74. The van der Waals surface area contributed by atoms with Crippen molar-refractivity contribution in [2.75, 3.05) is 7.05 Å². The highest BCUT2D eigenvalue weighted by Gasteiger charge is 2.08. The molecule has 0 atom stereocenters. The van der Waals surface area contributed by atoms with Gasteiger partial charge in [-0.25, -0.2) is 4.39 Å². The number of para-hydroxylation sites is 1. The lowest BCUT2D eigenvalue weighted by Crippen LogP contribution is -2.11. The Morgan fingerprint density at radius 3 is 2.55 bits per heavy atom. The maximum Gasteiger partial charge on any atom is 0.123 e. The van der Waals surface area contributed by atoms with E-state index in [1.54, 1.807) is 0 Å². The van der Waals surface area contributed by atoms with Gasteiger partial charge in [-0.3, -0.25) is 0 Å². The van der Waals surface area contributed by atoms with Crippen molar-refractivity contribution in [3.8, 4) is 0 Å². The summed E-state index contributed by atoms with van der Waals surface area (Å²) in [7, 11) is 1.94. The van der Waals surface area contributed by atoms with E-state index in [1.165, 1.54) is 28.7 Å².